The van der Waals surface area contributed by atoms with Crippen molar-refractivity contribution in [3.63, 3.8) is 0 Å². The van der Waals surface area contributed by atoms with Crippen LogP contribution in [0.25, 0.3) is 0 Å². The highest BCUT2D eigenvalue weighted by Gasteiger charge is 2.07. The minimum atomic E-state index is -2.96. The first-order valence-corrected chi connectivity index (χ1v) is 5.42. The summed E-state index contributed by atoms with van der Waals surface area (Å²) in [5.74, 6) is 0. The number of hydrogen-bond acceptors (Lipinski definition) is 2. The van der Waals surface area contributed by atoms with E-state index in [1.54, 1.807) is 7.05 Å². The fourth-order valence-corrected chi connectivity index (χ4v) is 1.47. The number of halogens is 1. The smallest absolute Gasteiger partial charge is 0.210 e. The summed E-state index contributed by atoms with van der Waals surface area (Å²) >= 11 is 3.14. The molecule has 0 saturated carbocycles. The Morgan fingerprint density at radius 2 is 2.00 bits per heavy atom. The highest BCUT2D eigenvalue weighted by Crippen LogP contribution is 1.93. The normalized spacial score (nSPS) is 12.4. The van der Waals surface area contributed by atoms with E-state index >= 15 is 0 Å². The number of alkyl halides is 1. The van der Waals surface area contributed by atoms with Gasteiger partial charge in [-0.3, -0.25) is 0 Å². The predicted molar refractivity (Wildman–Crippen MR) is 41.3 cm³/mol. The quantitative estimate of drug-likeness (QED) is 0.635. The van der Waals surface area contributed by atoms with Gasteiger partial charge in [0.2, 0.25) is 10.0 Å². The molecule has 0 aliphatic heterocycles. The van der Waals surface area contributed by atoms with Crippen molar-refractivity contribution < 1.29 is 8.42 Å². The first-order valence-electron chi connectivity index (χ1n) is 2.45. The summed E-state index contributed by atoms with van der Waals surface area (Å²) in [6, 6.07) is 0. The maximum Gasteiger partial charge on any atom is 0.210 e. The maximum atomic E-state index is 10.6. The van der Waals surface area contributed by atoms with E-state index in [1.807, 2.05) is 0 Å². The van der Waals surface area contributed by atoms with E-state index in [1.165, 1.54) is 10.6 Å². The molecule has 0 aromatic rings. The average Bonchev–Trinajstić information content (AvgIpc) is 1.64. The van der Waals surface area contributed by atoms with E-state index in [4.69, 9.17) is 0 Å². The molecule has 56 valence electrons. The number of rotatable bonds is 3. The Hall–Kier alpha value is 0.390. The van der Waals surface area contributed by atoms with E-state index in [-0.39, 0.29) is 0 Å². The van der Waals surface area contributed by atoms with Gasteiger partial charge in [0.25, 0.3) is 0 Å². The van der Waals surface area contributed by atoms with E-state index in [0.717, 1.165) is 0 Å². The van der Waals surface area contributed by atoms with Gasteiger partial charge in [0.15, 0.2) is 0 Å². The molecular formula is C4H10BrNO2S. The lowest BCUT2D eigenvalue weighted by Gasteiger charge is -2.10. The first-order chi connectivity index (χ1) is 3.98. The Balaban J connectivity index is 3.90. The van der Waals surface area contributed by atoms with Crippen LogP contribution in [0.2, 0.25) is 0 Å². The zero-order valence-electron chi connectivity index (χ0n) is 5.46. The second-order valence-corrected chi connectivity index (χ2v) is 4.66. The van der Waals surface area contributed by atoms with E-state index in [2.05, 4.69) is 15.9 Å². The van der Waals surface area contributed by atoms with Crippen LogP contribution in [0.1, 0.15) is 0 Å². The van der Waals surface area contributed by atoms with Gasteiger partial charge in [-0.2, -0.15) is 0 Å². The Bertz CT molecular complexity index is 165. The van der Waals surface area contributed by atoms with E-state index in [9.17, 15) is 8.42 Å². The lowest BCUT2D eigenvalue weighted by molar-refractivity contribution is 0.495. The third-order valence-corrected chi connectivity index (χ3v) is 2.64. The molecule has 0 rings (SSSR count). The molecule has 0 amide bonds. The molecule has 0 heterocycles. The zero-order chi connectivity index (χ0) is 7.49. The summed E-state index contributed by atoms with van der Waals surface area (Å²) in [6.45, 7) is 0.527. The molecule has 0 aliphatic rings. The minimum absolute atomic E-state index is 0.527. The van der Waals surface area contributed by atoms with Crippen molar-refractivity contribution in [1.82, 2.24) is 4.31 Å². The van der Waals surface area contributed by atoms with Crippen LogP contribution in [0.5, 0.6) is 0 Å². The molecule has 0 unspecified atom stereocenters. The van der Waals surface area contributed by atoms with Crippen molar-refractivity contribution in [2.75, 3.05) is 25.2 Å². The minimum Gasteiger partial charge on any atom is -0.213 e. The van der Waals surface area contributed by atoms with Gasteiger partial charge in [0.05, 0.1) is 6.26 Å². The lowest BCUT2D eigenvalue weighted by Crippen LogP contribution is -2.27. The van der Waals surface area contributed by atoms with Crippen molar-refractivity contribution in [2.24, 2.45) is 0 Å². The van der Waals surface area contributed by atoms with Crippen molar-refractivity contribution in [3.8, 4) is 0 Å². The van der Waals surface area contributed by atoms with Gasteiger partial charge in [0, 0.05) is 18.9 Å². The number of hydrogen-bond donors (Lipinski definition) is 0. The fraction of sp³-hybridized carbons (Fsp3) is 1.00. The number of sulfonamides is 1. The van der Waals surface area contributed by atoms with Gasteiger partial charge >= 0.3 is 0 Å². The van der Waals surface area contributed by atoms with Crippen molar-refractivity contribution >= 4 is 26.0 Å². The van der Waals surface area contributed by atoms with Crippen LogP contribution < -0.4 is 0 Å². The summed E-state index contributed by atoms with van der Waals surface area (Å²) in [5.41, 5.74) is 0. The summed E-state index contributed by atoms with van der Waals surface area (Å²) in [6.07, 6.45) is 1.19. The molecule has 0 aromatic carbocycles. The molecule has 0 fully saturated rings. The molecule has 0 aromatic heterocycles. The van der Waals surface area contributed by atoms with Crippen LogP contribution in [0.15, 0.2) is 0 Å². The van der Waals surface area contributed by atoms with Gasteiger partial charge < -0.3 is 0 Å². The van der Waals surface area contributed by atoms with Gasteiger partial charge in [-0.1, -0.05) is 15.9 Å². The molecular weight excluding hydrogens is 206 g/mol. The van der Waals surface area contributed by atoms with Crippen LogP contribution in [-0.2, 0) is 10.0 Å². The molecule has 0 N–H and O–H groups in total. The van der Waals surface area contributed by atoms with Gasteiger partial charge in [0.1, 0.15) is 0 Å². The molecule has 0 radical (unpaired) electrons. The summed E-state index contributed by atoms with van der Waals surface area (Å²) < 4.78 is 22.5. The topological polar surface area (TPSA) is 37.4 Å². The SMILES string of the molecule is CN(CCBr)S(C)(=O)=O. The molecule has 0 bridgehead atoms. The third-order valence-electron chi connectivity index (χ3n) is 0.966. The zero-order valence-corrected chi connectivity index (χ0v) is 7.87. The standard InChI is InChI=1S/C4H10BrNO2S/c1-6(4-3-5)9(2,7)8/h3-4H2,1-2H3. The Morgan fingerprint density at radius 3 is 2.11 bits per heavy atom. The van der Waals surface area contributed by atoms with Crippen molar-refractivity contribution in [2.45, 2.75) is 0 Å². The van der Waals surface area contributed by atoms with Crippen molar-refractivity contribution in [3.05, 3.63) is 0 Å². The monoisotopic (exact) mass is 215 g/mol. The molecule has 0 spiro atoms. The second kappa shape index (κ2) is 3.53. The van der Waals surface area contributed by atoms with Crippen LogP contribution in [0, 0.1) is 0 Å². The first kappa shape index (κ1) is 9.39. The predicted octanol–water partition coefficient (Wildman–Crippen LogP) is 0.273. The van der Waals surface area contributed by atoms with Crippen LogP contribution in [0.3, 0.4) is 0 Å². The average molecular weight is 216 g/mol. The fourth-order valence-electron chi connectivity index (χ4n) is 0.285. The van der Waals surface area contributed by atoms with Crippen molar-refractivity contribution in [1.29, 1.82) is 0 Å². The van der Waals surface area contributed by atoms with E-state index in [0.29, 0.717) is 11.9 Å². The van der Waals surface area contributed by atoms with E-state index < -0.39 is 10.0 Å². The summed E-state index contributed by atoms with van der Waals surface area (Å²) in [5, 5.41) is 0.677. The van der Waals surface area contributed by atoms with Gasteiger partial charge in [-0.25, -0.2) is 12.7 Å². The summed E-state index contributed by atoms with van der Waals surface area (Å²) in [4.78, 5) is 0. The summed E-state index contributed by atoms with van der Waals surface area (Å²) in [7, 11) is -1.41. The second-order valence-electron chi connectivity index (χ2n) is 1.77. The van der Waals surface area contributed by atoms with Crippen LogP contribution >= 0.6 is 15.9 Å². The molecule has 0 aliphatic carbocycles. The number of nitrogens with zero attached hydrogens (tertiary/aromatic N) is 1. The Labute approximate surface area is 64.2 Å². The van der Waals surface area contributed by atoms with Crippen LogP contribution in [-0.4, -0.2) is 37.9 Å². The van der Waals surface area contributed by atoms with Gasteiger partial charge in [-0.05, 0) is 0 Å². The lowest BCUT2D eigenvalue weighted by atomic mass is 10.8. The Kier molecular flexibility index (Phi) is 3.68. The highest BCUT2D eigenvalue weighted by atomic mass is 79.9. The van der Waals surface area contributed by atoms with Gasteiger partial charge in [-0.15, -0.1) is 0 Å². The molecule has 3 nitrogen and oxygen atoms in total. The highest BCUT2D eigenvalue weighted by molar-refractivity contribution is 9.09. The third kappa shape index (κ3) is 3.89. The molecule has 0 atom stereocenters. The van der Waals surface area contributed by atoms with Crippen LogP contribution in [0.4, 0.5) is 0 Å². The largest absolute Gasteiger partial charge is 0.213 e. The molecule has 5 heteroatoms. The molecule has 0 saturated heterocycles. The Morgan fingerprint density at radius 1 is 1.56 bits per heavy atom. The molecule has 9 heavy (non-hydrogen) atoms. The maximum absolute atomic E-state index is 10.6.